The van der Waals surface area contributed by atoms with Crippen LogP contribution < -0.4 is 9.62 Å². The second kappa shape index (κ2) is 6.91. The van der Waals surface area contributed by atoms with Gasteiger partial charge in [-0.15, -0.1) is 0 Å². The number of carbonyl (C=O) groups is 1. The minimum atomic E-state index is -3.93. The number of benzene rings is 2. The van der Waals surface area contributed by atoms with Crippen LogP contribution in [0.2, 0.25) is 0 Å². The fraction of sp³-hybridized carbons (Fsp3) is 0.133. The first-order valence-corrected chi connectivity index (χ1v) is 8.50. The third-order valence-electron chi connectivity index (χ3n) is 2.99. The van der Waals surface area contributed by atoms with Gasteiger partial charge in [0.2, 0.25) is 15.9 Å². The number of anilines is 2. The molecule has 5 nitrogen and oxygen atoms in total. The lowest BCUT2D eigenvalue weighted by Gasteiger charge is -2.22. The summed E-state index contributed by atoms with van der Waals surface area (Å²) in [6, 6.07) is 7.49. The molecule has 0 bridgehead atoms. The summed E-state index contributed by atoms with van der Waals surface area (Å²) in [5, 5.41) is 2.33. The summed E-state index contributed by atoms with van der Waals surface area (Å²) < 4.78 is 63.7. The van der Waals surface area contributed by atoms with Gasteiger partial charge in [0.15, 0.2) is 11.6 Å². The van der Waals surface area contributed by atoms with Crippen molar-refractivity contribution in [2.45, 2.75) is 0 Å². The molecule has 0 aliphatic heterocycles. The molecule has 1 amide bonds. The highest BCUT2D eigenvalue weighted by Crippen LogP contribution is 2.20. The van der Waals surface area contributed by atoms with Crippen LogP contribution in [-0.4, -0.2) is 27.1 Å². The minimum absolute atomic E-state index is 0.138. The Morgan fingerprint density at radius 3 is 2.38 bits per heavy atom. The van der Waals surface area contributed by atoms with Gasteiger partial charge in [-0.25, -0.2) is 21.6 Å². The predicted octanol–water partition coefficient (Wildman–Crippen LogP) is 2.51. The van der Waals surface area contributed by atoms with E-state index in [0.29, 0.717) is 10.4 Å². The Kier molecular flexibility index (Phi) is 5.13. The van der Waals surface area contributed by atoms with E-state index in [0.717, 1.165) is 24.5 Å². The molecule has 0 spiro atoms. The lowest BCUT2D eigenvalue weighted by Crippen LogP contribution is -2.37. The van der Waals surface area contributed by atoms with Crippen molar-refractivity contribution in [2.75, 3.05) is 22.4 Å². The average molecular weight is 358 g/mol. The van der Waals surface area contributed by atoms with Crippen LogP contribution in [0.25, 0.3) is 0 Å². The van der Waals surface area contributed by atoms with E-state index >= 15 is 0 Å². The Balaban J connectivity index is 2.23. The van der Waals surface area contributed by atoms with Crippen LogP contribution in [0, 0.1) is 17.5 Å². The monoisotopic (exact) mass is 358 g/mol. The van der Waals surface area contributed by atoms with Crippen LogP contribution in [0.1, 0.15) is 0 Å². The predicted molar refractivity (Wildman–Crippen MR) is 83.6 cm³/mol. The average Bonchev–Trinajstić information content (AvgIpc) is 2.47. The number of rotatable bonds is 5. The molecule has 0 aliphatic rings. The smallest absolute Gasteiger partial charge is 0.245 e. The summed E-state index contributed by atoms with van der Waals surface area (Å²) in [5.41, 5.74) is -0.0653. The Morgan fingerprint density at radius 2 is 1.79 bits per heavy atom. The zero-order valence-corrected chi connectivity index (χ0v) is 13.3. The molecule has 2 aromatic carbocycles. The highest BCUT2D eigenvalue weighted by molar-refractivity contribution is 7.92. The molecule has 0 heterocycles. The largest absolute Gasteiger partial charge is 0.324 e. The van der Waals surface area contributed by atoms with Crippen LogP contribution in [0.4, 0.5) is 24.5 Å². The summed E-state index contributed by atoms with van der Waals surface area (Å²) in [4.78, 5) is 12.0. The summed E-state index contributed by atoms with van der Waals surface area (Å²) >= 11 is 0. The first kappa shape index (κ1) is 17.8. The molecule has 0 aromatic heterocycles. The molecular formula is C15H13F3N2O3S. The number of halogens is 3. The van der Waals surface area contributed by atoms with Gasteiger partial charge in [0, 0.05) is 11.8 Å². The Hall–Kier alpha value is -2.55. The molecular weight excluding hydrogens is 345 g/mol. The normalized spacial score (nSPS) is 11.2. The molecule has 24 heavy (non-hydrogen) atoms. The number of carbonyl (C=O) groups excluding carboxylic acids is 1. The molecule has 2 rings (SSSR count). The van der Waals surface area contributed by atoms with Crippen LogP contribution >= 0.6 is 0 Å². The fourth-order valence-electron chi connectivity index (χ4n) is 1.94. The molecule has 0 unspecified atom stereocenters. The number of nitrogens with zero attached hydrogens (tertiary/aromatic N) is 1. The summed E-state index contributed by atoms with van der Waals surface area (Å²) in [5.74, 6) is -3.73. The zero-order valence-electron chi connectivity index (χ0n) is 12.5. The molecule has 0 aliphatic carbocycles. The number of hydrogen-bond acceptors (Lipinski definition) is 3. The number of sulfonamides is 1. The lowest BCUT2D eigenvalue weighted by atomic mass is 10.3. The van der Waals surface area contributed by atoms with Crippen molar-refractivity contribution < 1.29 is 26.4 Å². The molecule has 2 aromatic rings. The van der Waals surface area contributed by atoms with Crippen molar-refractivity contribution in [3.63, 3.8) is 0 Å². The SMILES string of the molecule is CS(=O)(=O)N(CC(=O)Nc1cccc(F)c1)c1ccc(F)c(F)c1. The van der Waals surface area contributed by atoms with Crippen molar-refractivity contribution in [1.82, 2.24) is 0 Å². The number of amides is 1. The molecule has 0 fully saturated rings. The third kappa shape index (κ3) is 4.48. The molecule has 0 saturated carbocycles. The first-order valence-electron chi connectivity index (χ1n) is 6.65. The van der Waals surface area contributed by atoms with Crippen molar-refractivity contribution >= 4 is 27.3 Å². The van der Waals surface area contributed by atoms with Gasteiger partial charge in [0.1, 0.15) is 12.4 Å². The Bertz CT molecular complexity index is 872. The van der Waals surface area contributed by atoms with E-state index in [1.807, 2.05) is 0 Å². The molecule has 0 radical (unpaired) electrons. The van der Waals surface area contributed by atoms with Crippen molar-refractivity contribution in [3.8, 4) is 0 Å². The highest BCUT2D eigenvalue weighted by Gasteiger charge is 2.22. The Morgan fingerprint density at radius 1 is 1.08 bits per heavy atom. The van der Waals surface area contributed by atoms with Gasteiger partial charge in [-0.05, 0) is 30.3 Å². The van der Waals surface area contributed by atoms with Crippen LogP contribution in [0.3, 0.4) is 0 Å². The van der Waals surface area contributed by atoms with Crippen molar-refractivity contribution in [3.05, 3.63) is 59.9 Å². The maximum absolute atomic E-state index is 13.3. The van der Waals surface area contributed by atoms with Gasteiger partial charge < -0.3 is 5.32 Å². The van der Waals surface area contributed by atoms with E-state index in [4.69, 9.17) is 0 Å². The fourth-order valence-corrected chi connectivity index (χ4v) is 2.79. The van der Waals surface area contributed by atoms with Gasteiger partial charge in [0.25, 0.3) is 0 Å². The second-order valence-electron chi connectivity index (χ2n) is 4.93. The highest BCUT2D eigenvalue weighted by atomic mass is 32.2. The van der Waals surface area contributed by atoms with E-state index in [-0.39, 0.29) is 11.4 Å². The molecule has 0 atom stereocenters. The van der Waals surface area contributed by atoms with E-state index in [1.54, 1.807) is 0 Å². The topological polar surface area (TPSA) is 66.5 Å². The summed E-state index contributed by atoms with van der Waals surface area (Å²) in [7, 11) is -3.93. The van der Waals surface area contributed by atoms with Gasteiger partial charge in [0.05, 0.1) is 11.9 Å². The van der Waals surface area contributed by atoms with E-state index in [1.165, 1.54) is 18.2 Å². The van der Waals surface area contributed by atoms with E-state index < -0.39 is 39.9 Å². The van der Waals surface area contributed by atoms with Crippen molar-refractivity contribution in [1.29, 1.82) is 0 Å². The van der Waals surface area contributed by atoms with E-state index in [2.05, 4.69) is 5.32 Å². The first-order chi connectivity index (χ1) is 11.2. The lowest BCUT2D eigenvalue weighted by molar-refractivity contribution is -0.114. The molecule has 1 N–H and O–H groups in total. The second-order valence-corrected chi connectivity index (χ2v) is 6.83. The van der Waals surface area contributed by atoms with Gasteiger partial charge in [-0.1, -0.05) is 6.07 Å². The van der Waals surface area contributed by atoms with Crippen molar-refractivity contribution in [2.24, 2.45) is 0 Å². The van der Waals surface area contributed by atoms with E-state index in [9.17, 15) is 26.4 Å². The number of nitrogens with one attached hydrogen (secondary N) is 1. The maximum Gasteiger partial charge on any atom is 0.245 e. The maximum atomic E-state index is 13.3. The number of hydrogen-bond donors (Lipinski definition) is 1. The van der Waals surface area contributed by atoms with Gasteiger partial charge >= 0.3 is 0 Å². The summed E-state index contributed by atoms with van der Waals surface area (Å²) in [6.07, 6.45) is 0.823. The minimum Gasteiger partial charge on any atom is -0.324 e. The molecule has 9 heteroatoms. The Labute approximate surface area is 136 Å². The molecule has 128 valence electrons. The summed E-state index contributed by atoms with van der Waals surface area (Å²) in [6.45, 7) is -0.680. The van der Waals surface area contributed by atoms with Gasteiger partial charge in [-0.3, -0.25) is 9.10 Å². The third-order valence-corrected chi connectivity index (χ3v) is 4.13. The van der Waals surface area contributed by atoms with Crippen LogP contribution in [0.15, 0.2) is 42.5 Å². The van der Waals surface area contributed by atoms with Crippen LogP contribution in [0.5, 0.6) is 0 Å². The van der Waals surface area contributed by atoms with Crippen LogP contribution in [-0.2, 0) is 14.8 Å². The molecule has 0 saturated heterocycles. The quantitative estimate of drug-likeness (QED) is 0.893. The zero-order chi connectivity index (χ0) is 17.9. The van der Waals surface area contributed by atoms with Gasteiger partial charge in [-0.2, -0.15) is 0 Å². The standard InChI is InChI=1S/C15H13F3N2O3S/c1-24(22,23)20(12-5-6-13(17)14(18)8-12)9-15(21)19-11-4-2-3-10(16)7-11/h2-8H,9H2,1H3,(H,19,21).